The number of para-hydroxylation sites is 12. The number of methoxy groups -OCH3 is 4. The zero-order valence-corrected chi connectivity index (χ0v) is 68.5. The van der Waals surface area contributed by atoms with Crippen molar-refractivity contribution in [3.63, 3.8) is 0 Å². The van der Waals surface area contributed by atoms with Crippen molar-refractivity contribution < 1.29 is 28.1 Å². The van der Waals surface area contributed by atoms with E-state index in [1.807, 2.05) is 24.3 Å². The minimum Gasteiger partial charge on any atom is -0.496 e. The summed E-state index contributed by atoms with van der Waals surface area (Å²) in [5.41, 5.74) is 30.5. The maximum Gasteiger partial charge on any atom is 0.375 e. The average Bonchev–Trinajstić information content (AvgIpc) is 1.56. The third kappa shape index (κ3) is 13.4. The summed E-state index contributed by atoms with van der Waals surface area (Å²) < 4.78 is 36.2. The van der Waals surface area contributed by atoms with Crippen molar-refractivity contribution in [1.29, 1.82) is 0 Å². The van der Waals surface area contributed by atoms with Crippen LogP contribution in [-0.4, -0.2) is 58.7 Å². The van der Waals surface area contributed by atoms with Gasteiger partial charge in [0.2, 0.25) is 0 Å². The van der Waals surface area contributed by atoms with E-state index in [-0.39, 0.29) is 12.3 Å². The third-order valence-corrected chi connectivity index (χ3v) is 22.9. The molecule has 14 nitrogen and oxygen atoms in total. The van der Waals surface area contributed by atoms with Crippen molar-refractivity contribution in [2.45, 2.75) is 113 Å². The first-order valence-corrected chi connectivity index (χ1v) is 39.4. The zero-order chi connectivity index (χ0) is 79.2. The lowest BCUT2D eigenvalue weighted by atomic mass is 9.81. The van der Waals surface area contributed by atoms with Gasteiger partial charge in [0.15, 0.2) is 0 Å². The van der Waals surface area contributed by atoms with Gasteiger partial charge in [-0.1, -0.05) is 169 Å². The van der Waals surface area contributed by atoms with Crippen LogP contribution in [0, 0.1) is 27.7 Å². The van der Waals surface area contributed by atoms with E-state index in [0.29, 0.717) is 17.8 Å². The van der Waals surface area contributed by atoms with E-state index in [0.717, 1.165) is 68.2 Å². The van der Waals surface area contributed by atoms with Gasteiger partial charge in [-0.3, -0.25) is 0 Å². The SMILES string of the molecule is COc1cc(-c2c(C(C)C)cc(C(C)C)cc2C(C)C)cc(N2c3ccccc3N(c3ccccc3)[C@H]2C)c1C.COc1cccc(-n2c3ccccc3n3c4ccccc4[n+](C)c23)c1C.COc1cccc(-n2c3ccccc3n3cc[n+](C)c23)c1C.COc1cccc(N2c3ccccc3N(c3ccccc3)[C@H]2C)c1C. The topological polar surface area (TPSA) is 76.3 Å². The van der Waals surface area contributed by atoms with Crippen molar-refractivity contribution in [3.8, 4) is 45.5 Å². The molecule has 113 heavy (non-hydrogen) atoms. The van der Waals surface area contributed by atoms with Crippen LogP contribution in [0.2, 0.25) is 0 Å². The Morgan fingerprint density at radius 2 is 0.717 bits per heavy atom. The summed E-state index contributed by atoms with van der Waals surface area (Å²) >= 11 is 0. The molecular formula is C99H104N10O4+2. The molecule has 2 aliphatic rings. The van der Waals surface area contributed by atoms with Gasteiger partial charge in [-0.15, -0.1) is 0 Å². The van der Waals surface area contributed by atoms with Gasteiger partial charge >= 0.3 is 11.6 Å². The molecule has 0 unspecified atom stereocenters. The molecule has 16 aromatic rings. The van der Waals surface area contributed by atoms with E-state index >= 15 is 0 Å². The van der Waals surface area contributed by atoms with Crippen LogP contribution in [0.15, 0.2) is 273 Å². The molecule has 6 heterocycles. The van der Waals surface area contributed by atoms with Gasteiger partial charge in [0.1, 0.15) is 86.0 Å². The Bertz CT molecular complexity index is 6140. The second-order valence-corrected chi connectivity index (χ2v) is 30.5. The molecule has 2 aliphatic heterocycles. The first kappa shape index (κ1) is 75.7. The monoisotopic (exact) mass is 1500 g/mol. The molecule has 0 bridgehead atoms. The summed E-state index contributed by atoms with van der Waals surface area (Å²) in [6.07, 6.45) is 4.44. The number of benzene rings is 12. The molecule has 0 saturated carbocycles. The fourth-order valence-electron chi connectivity index (χ4n) is 17.2. The van der Waals surface area contributed by atoms with E-state index in [1.54, 1.807) is 28.4 Å². The zero-order valence-electron chi connectivity index (χ0n) is 68.5. The highest BCUT2D eigenvalue weighted by Gasteiger charge is 2.39. The van der Waals surface area contributed by atoms with Gasteiger partial charge in [-0.2, -0.15) is 17.9 Å². The van der Waals surface area contributed by atoms with Gasteiger partial charge in [0.05, 0.1) is 77.2 Å². The Kier molecular flexibility index (Phi) is 21.2. The average molecular weight is 1500 g/mol. The number of anilines is 8. The van der Waals surface area contributed by atoms with Crippen LogP contribution in [0.5, 0.6) is 23.0 Å². The lowest BCUT2D eigenvalue weighted by Crippen LogP contribution is -2.35. The van der Waals surface area contributed by atoms with E-state index < -0.39 is 0 Å². The van der Waals surface area contributed by atoms with Crippen LogP contribution in [0.25, 0.3) is 67.2 Å². The van der Waals surface area contributed by atoms with Gasteiger partial charge < -0.3 is 38.5 Å². The molecule has 0 spiro atoms. The molecule has 14 heteroatoms. The van der Waals surface area contributed by atoms with Crippen molar-refractivity contribution in [1.82, 2.24) is 17.9 Å². The molecule has 2 atom stereocenters. The van der Waals surface area contributed by atoms with Crippen LogP contribution in [0.3, 0.4) is 0 Å². The summed E-state index contributed by atoms with van der Waals surface area (Å²) in [4.78, 5) is 9.69. The molecule has 0 amide bonds. The Balaban J connectivity index is 0.000000122. The normalized spacial score (nSPS) is 13.7. The second-order valence-electron chi connectivity index (χ2n) is 30.5. The predicted molar refractivity (Wildman–Crippen MR) is 467 cm³/mol. The summed E-state index contributed by atoms with van der Waals surface area (Å²) in [5, 5.41) is 0. The fraction of sp³-hybridized carbons (Fsp3) is 0.232. The quantitative estimate of drug-likeness (QED) is 0.0997. The standard InChI is InChI=1S/C37H44N2O.C22H20N3O.C22H22N2O.C18H18N3O/c1-23(2)28-19-31(24(3)4)37(32(20-28)25(5)6)29-21-35(26(7)36(22-29)40-9)39-27(8)38(30-15-11-10-12-16-30)33-17-13-14-18-34(33)39;1-15-16(13-8-14-21(15)26-3)24-19-11-6-7-12-20(19)25-18-10-5-4-9-17(18)23(2)22(24)25;1-16-19(14-9-15-22(16)25-3)24-17(2)23(18-10-5-4-6-11-18)20-12-7-8-13-21(20)24;1-13-14(9-6-10-17(13)22-3)21-16-8-5-4-7-15(16)20-12-11-19(2)18(20)21/h10-25,27H,1-9H3;4-14H,1-3H3;4-15,17H,1-3H3;4-12H,1-3H3/q;+1;;+1/t27-;;17-;/m1.1./s1. The number of fused-ring (bicyclic) bond motifs is 10. The van der Waals surface area contributed by atoms with Crippen LogP contribution in [0.4, 0.5) is 45.5 Å². The molecule has 572 valence electrons. The van der Waals surface area contributed by atoms with Crippen LogP contribution in [0.1, 0.15) is 112 Å². The van der Waals surface area contributed by atoms with Crippen molar-refractivity contribution in [2.24, 2.45) is 14.1 Å². The highest BCUT2D eigenvalue weighted by molar-refractivity contribution is 5.94. The van der Waals surface area contributed by atoms with Crippen molar-refractivity contribution >= 4 is 90.2 Å². The molecule has 0 saturated heterocycles. The lowest BCUT2D eigenvalue weighted by molar-refractivity contribution is -0.646. The first-order valence-electron chi connectivity index (χ1n) is 39.4. The number of ether oxygens (including phenoxy) is 4. The Labute approximate surface area is 665 Å². The summed E-state index contributed by atoms with van der Waals surface area (Å²) in [7, 11) is 11.2. The number of aryl methyl sites for hydroxylation is 2. The Hall–Kier alpha value is -12.7. The van der Waals surface area contributed by atoms with Crippen molar-refractivity contribution in [2.75, 3.05) is 48.0 Å². The van der Waals surface area contributed by atoms with Crippen molar-refractivity contribution in [3.05, 3.63) is 312 Å². The molecular weight excluding hydrogens is 1390 g/mol. The minimum atomic E-state index is 0.0934. The number of rotatable bonds is 14. The lowest BCUT2D eigenvalue weighted by Gasteiger charge is -2.32. The fourth-order valence-corrected chi connectivity index (χ4v) is 17.2. The Morgan fingerprint density at radius 3 is 1.19 bits per heavy atom. The number of nitrogens with zero attached hydrogens (tertiary/aromatic N) is 10. The maximum absolute atomic E-state index is 6.06. The summed E-state index contributed by atoms with van der Waals surface area (Å²) in [5.74, 6) is 7.19. The van der Waals surface area contributed by atoms with E-state index in [4.69, 9.17) is 18.9 Å². The molecule has 0 radical (unpaired) electrons. The Morgan fingerprint density at radius 1 is 0.336 bits per heavy atom. The minimum absolute atomic E-state index is 0.0934. The molecule has 0 fully saturated rings. The number of aromatic nitrogens is 6. The van der Waals surface area contributed by atoms with Gasteiger partial charge in [0.25, 0.3) is 0 Å². The molecule has 0 N–H and O–H groups in total. The van der Waals surface area contributed by atoms with E-state index in [1.165, 1.54) is 106 Å². The summed E-state index contributed by atoms with van der Waals surface area (Å²) in [6, 6.07) is 92.3. The maximum atomic E-state index is 6.06. The molecule has 4 aromatic heterocycles. The number of hydrogen-bond acceptors (Lipinski definition) is 8. The highest BCUT2D eigenvalue weighted by Crippen LogP contribution is 2.53. The number of hydrogen-bond donors (Lipinski definition) is 0. The number of imidazole rings is 4. The molecule has 18 rings (SSSR count). The third-order valence-electron chi connectivity index (χ3n) is 22.9. The van der Waals surface area contributed by atoms with Gasteiger partial charge in [-0.05, 0) is 221 Å². The van der Waals surface area contributed by atoms with E-state index in [2.05, 4.69) is 393 Å². The van der Waals surface area contributed by atoms with Gasteiger partial charge in [0, 0.05) is 39.3 Å². The molecule has 0 aliphatic carbocycles. The second kappa shape index (κ2) is 31.6. The van der Waals surface area contributed by atoms with Crippen LogP contribution in [-0.2, 0) is 14.1 Å². The van der Waals surface area contributed by atoms with E-state index in [9.17, 15) is 0 Å². The smallest absolute Gasteiger partial charge is 0.375 e. The van der Waals surface area contributed by atoms with Crippen LogP contribution >= 0.6 is 0 Å². The summed E-state index contributed by atoms with van der Waals surface area (Å²) in [6.45, 7) is 26.9. The van der Waals surface area contributed by atoms with Gasteiger partial charge in [-0.25, -0.2) is 9.13 Å². The largest absolute Gasteiger partial charge is 0.496 e. The first-order chi connectivity index (χ1) is 54.8. The predicted octanol–water partition coefficient (Wildman–Crippen LogP) is 23.5. The molecule has 12 aromatic carbocycles. The van der Waals surface area contributed by atoms with Crippen LogP contribution < -0.4 is 47.7 Å². The highest BCUT2D eigenvalue weighted by atomic mass is 16.5.